The fourth-order valence-electron chi connectivity index (χ4n) is 3.74. The first-order valence-corrected chi connectivity index (χ1v) is 12.1. The van der Waals surface area contributed by atoms with Gasteiger partial charge in [-0.25, -0.2) is 8.42 Å². The minimum absolute atomic E-state index is 0.129. The Morgan fingerprint density at radius 3 is 2.65 bits per heavy atom. The van der Waals surface area contributed by atoms with E-state index in [0.29, 0.717) is 36.3 Å². The van der Waals surface area contributed by atoms with Crippen molar-refractivity contribution in [2.75, 3.05) is 17.8 Å². The van der Waals surface area contributed by atoms with Gasteiger partial charge in [0, 0.05) is 24.3 Å². The average Bonchev–Trinajstić information content (AvgIpc) is 3.23. The number of benzene rings is 2. The fourth-order valence-corrected chi connectivity index (χ4v) is 5.04. The topological polar surface area (TPSA) is 95.6 Å². The van der Waals surface area contributed by atoms with Gasteiger partial charge in [0.05, 0.1) is 4.90 Å². The summed E-state index contributed by atoms with van der Waals surface area (Å²) in [5, 5.41) is 2.90. The highest BCUT2D eigenvalue weighted by molar-refractivity contribution is 7.92. The lowest BCUT2D eigenvalue weighted by Crippen LogP contribution is -2.46. The molecule has 0 spiro atoms. The summed E-state index contributed by atoms with van der Waals surface area (Å²) in [6, 6.07) is 12.6. The highest BCUT2D eigenvalue weighted by Crippen LogP contribution is 2.23. The van der Waals surface area contributed by atoms with Crippen LogP contribution >= 0.6 is 0 Å². The highest BCUT2D eigenvalue weighted by atomic mass is 32.2. The van der Waals surface area contributed by atoms with E-state index in [1.807, 2.05) is 0 Å². The zero-order chi connectivity index (χ0) is 22.4. The molecule has 2 aromatic carbocycles. The van der Waals surface area contributed by atoms with Crippen molar-refractivity contribution in [1.29, 1.82) is 0 Å². The van der Waals surface area contributed by atoms with E-state index in [1.165, 1.54) is 6.07 Å². The van der Waals surface area contributed by atoms with Crippen LogP contribution in [0.1, 0.15) is 48.5 Å². The van der Waals surface area contributed by atoms with Crippen LogP contribution in [0.5, 0.6) is 0 Å². The molecule has 7 nitrogen and oxygen atoms in total. The van der Waals surface area contributed by atoms with Gasteiger partial charge in [0.15, 0.2) is 0 Å². The quantitative estimate of drug-likeness (QED) is 0.612. The van der Waals surface area contributed by atoms with E-state index in [0.717, 1.165) is 19.3 Å². The third kappa shape index (κ3) is 5.44. The fraction of sp³-hybridized carbons (Fsp3) is 0.391. The van der Waals surface area contributed by atoms with Crippen molar-refractivity contribution in [2.24, 2.45) is 0 Å². The summed E-state index contributed by atoms with van der Waals surface area (Å²) < 4.78 is 28.1. The minimum atomic E-state index is -3.78. The lowest BCUT2D eigenvalue weighted by molar-refractivity contribution is -0.124. The number of nitrogens with one attached hydrogen (secondary N) is 2. The van der Waals surface area contributed by atoms with Gasteiger partial charge in [0.1, 0.15) is 6.04 Å². The number of likely N-dealkylation sites (tertiary alicyclic amines) is 1. The van der Waals surface area contributed by atoms with Crippen molar-refractivity contribution in [3.8, 4) is 0 Å². The Bertz CT molecular complexity index is 1050. The molecule has 0 radical (unpaired) electrons. The van der Waals surface area contributed by atoms with Crippen molar-refractivity contribution in [2.45, 2.75) is 50.5 Å². The Labute approximate surface area is 183 Å². The predicted molar refractivity (Wildman–Crippen MR) is 120 cm³/mol. The lowest BCUT2D eigenvalue weighted by Gasteiger charge is -2.24. The van der Waals surface area contributed by atoms with Gasteiger partial charge in [0.25, 0.3) is 15.9 Å². The van der Waals surface area contributed by atoms with Gasteiger partial charge in [0.2, 0.25) is 5.91 Å². The number of amides is 2. The number of carbonyl (C=O) groups excluding carboxylic acids is 2. The zero-order valence-electron chi connectivity index (χ0n) is 17.9. The Morgan fingerprint density at radius 1 is 1.13 bits per heavy atom. The molecule has 1 heterocycles. The molecular weight excluding hydrogens is 414 g/mol. The maximum atomic E-state index is 13.1. The molecule has 8 heteroatoms. The van der Waals surface area contributed by atoms with Crippen LogP contribution in [0.15, 0.2) is 53.4 Å². The van der Waals surface area contributed by atoms with Crippen LogP contribution in [0.2, 0.25) is 0 Å². The molecule has 1 atom stereocenters. The molecule has 2 amide bonds. The third-order valence-corrected chi connectivity index (χ3v) is 6.93. The van der Waals surface area contributed by atoms with Gasteiger partial charge in [-0.15, -0.1) is 0 Å². The second-order valence-electron chi connectivity index (χ2n) is 7.75. The Kier molecular flexibility index (Phi) is 7.33. The summed E-state index contributed by atoms with van der Waals surface area (Å²) in [6.45, 7) is 4.89. The Morgan fingerprint density at radius 2 is 1.90 bits per heavy atom. The molecule has 1 saturated heterocycles. The van der Waals surface area contributed by atoms with Gasteiger partial charge in [-0.1, -0.05) is 37.6 Å². The molecule has 1 aliphatic heterocycles. The van der Waals surface area contributed by atoms with Crippen molar-refractivity contribution in [3.63, 3.8) is 0 Å². The number of hydrogen-bond donors (Lipinski definition) is 2. The first-order chi connectivity index (χ1) is 14.8. The van der Waals surface area contributed by atoms with Crippen LogP contribution < -0.4 is 10.0 Å². The molecular formula is C23H29N3O4S. The molecule has 166 valence electrons. The molecule has 2 N–H and O–H groups in total. The third-order valence-electron chi connectivity index (χ3n) is 5.39. The van der Waals surface area contributed by atoms with E-state index in [1.54, 1.807) is 54.3 Å². The molecule has 0 bridgehead atoms. The standard InChI is InChI=1S/C23H29N3O4S/c1-3-4-14-24-22(27)20-12-8-15-26(20)23(28)18-10-7-11-19(16-18)25-31(29,30)21-13-6-5-9-17(21)2/h5-7,9-11,13,16,20,25H,3-4,8,12,14-15H2,1-2H3,(H,24,27)/t20-/m0/s1. The maximum Gasteiger partial charge on any atom is 0.262 e. The van der Waals surface area contributed by atoms with E-state index >= 15 is 0 Å². The number of sulfonamides is 1. The number of carbonyl (C=O) groups is 2. The first kappa shape index (κ1) is 22.8. The zero-order valence-corrected chi connectivity index (χ0v) is 18.7. The molecule has 0 aliphatic carbocycles. The van der Waals surface area contributed by atoms with Crippen molar-refractivity contribution in [1.82, 2.24) is 10.2 Å². The molecule has 0 aromatic heterocycles. The van der Waals surface area contributed by atoms with Crippen LogP contribution in [0.3, 0.4) is 0 Å². The maximum absolute atomic E-state index is 13.1. The number of unbranched alkanes of at least 4 members (excludes halogenated alkanes) is 1. The van der Waals surface area contributed by atoms with E-state index in [9.17, 15) is 18.0 Å². The summed E-state index contributed by atoms with van der Waals surface area (Å²) in [4.78, 5) is 27.4. The van der Waals surface area contributed by atoms with Gasteiger partial charge in [-0.05, 0) is 56.0 Å². The van der Waals surface area contributed by atoms with Gasteiger partial charge < -0.3 is 10.2 Å². The second kappa shape index (κ2) is 9.96. The summed E-state index contributed by atoms with van der Waals surface area (Å²) in [5.74, 6) is -0.402. The Balaban J connectivity index is 1.75. The molecule has 2 aromatic rings. The van der Waals surface area contributed by atoms with Crippen molar-refractivity contribution >= 4 is 27.5 Å². The summed E-state index contributed by atoms with van der Waals surface area (Å²) in [7, 11) is -3.78. The first-order valence-electron chi connectivity index (χ1n) is 10.6. The van der Waals surface area contributed by atoms with E-state index < -0.39 is 16.1 Å². The minimum Gasteiger partial charge on any atom is -0.354 e. The lowest BCUT2D eigenvalue weighted by atomic mass is 10.1. The number of anilines is 1. The summed E-state index contributed by atoms with van der Waals surface area (Å²) in [6.07, 6.45) is 3.27. The summed E-state index contributed by atoms with van der Waals surface area (Å²) >= 11 is 0. The molecule has 0 saturated carbocycles. The van der Waals surface area contributed by atoms with E-state index in [-0.39, 0.29) is 16.7 Å². The highest BCUT2D eigenvalue weighted by Gasteiger charge is 2.34. The van der Waals surface area contributed by atoms with Gasteiger partial charge in [-0.2, -0.15) is 0 Å². The van der Waals surface area contributed by atoms with Crippen molar-refractivity contribution < 1.29 is 18.0 Å². The second-order valence-corrected chi connectivity index (χ2v) is 9.40. The van der Waals surface area contributed by atoms with E-state index in [4.69, 9.17) is 0 Å². The Hall–Kier alpha value is -2.87. The average molecular weight is 444 g/mol. The smallest absolute Gasteiger partial charge is 0.262 e. The van der Waals surface area contributed by atoms with Gasteiger partial charge in [-0.3, -0.25) is 14.3 Å². The molecule has 1 fully saturated rings. The molecule has 3 rings (SSSR count). The van der Waals surface area contributed by atoms with Crippen LogP contribution in [0, 0.1) is 6.92 Å². The van der Waals surface area contributed by atoms with E-state index in [2.05, 4.69) is 17.0 Å². The summed E-state index contributed by atoms with van der Waals surface area (Å²) in [5.41, 5.74) is 1.28. The van der Waals surface area contributed by atoms with Crippen LogP contribution in [-0.4, -0.2) is 44.3 Å². The molecule has 1 aliphatic rings. The van der Waals surface area contributed by atoms with Crippen molar-refractivity contribution in [3.05, 3.63) is 59.7 Å². The number of aryl methyl sites for hydroxylation is 1. The number of hydrogen-bond acceptors (Lipinski definition) is 4. The van der Waals surface area contributed by atoms with Crippen LogP contribution in [-0.2, 0) is 14.8 Å². The number of nitrogens with zero attached hydrogens (tertiary/aromatic N) is 1. The molecule has 0 unspecified atom stereocenters. The molecule has 31 heavy (non-hydrogen) atoms. The SMILES string of the molecule is CCCCNC(=O)[C@@H]1CCCN1C(=O)c1cccc(NS(=O)(=O)c2ccccc2C)c1. The van der Waals surface area contributed by atoms with Crippen LogP contribution in [0.25, 0.3) is 0 Å². The monoisotopic (exact) mass is 443 g/mol. The largest absolute Gasteiger partial charge is 0.354 e. The van der Waals surface area contributed by atoms with Gasteiger partial charge >= 0.3 is 0 Å². The normalized spacial score (nSPS) is 16.2. The predicted octanol–water partition coefficient (Wildman–Crippen LogP) is 3.32. The van der Waals surface area contributed by atoms with Crippen LogP contribution in [0.4, 0.5) is 5.69 Å². The number of rotatable bonds is 8.